The number of phenols is 1. The summed E-state index contributed by atoms with van der Waals surface area (Å²) in [5, 5.41) is 49.4. The largest absolute Gasteiger partial charge is 0.508 e. The molecule has 8 N–H and O–H groups in total. The van der Waals surface area contributed by atoms with E-state index in [9.17, 15) is 25.2 Å². The summed E-state index contributed by atoms with van der Waals surface area (Å²) in [6.07, 6.45) is -3.30. The molecule has 0 radical (unpaired) electrons. The van der Waals surface area contributed by atoms with Crippen molar-refractivity contribution >= 4 is 17.4 Å². The molecule has 0 spiro atoms. The van der Waals surface area contributed by atoms with Crippen LogP contribution in [-0.2, 0) is 6.54 Å². The second-order valence-electron chi connectivity index (χ2n) is 5.44. The molecule has 0 aliphatic carbocycles. The van der Waals surface area contributed by atoms with Gasteiger partial charge in [-0.15, -0.1) is 0 Å². The van der Waals surface area contributed by atoms with E-state index in [1.54, 1.807) is 0 Å². The van der Waals surface area contributed by atoms with E-state index in [-0.39, 0.29) is 23.8 Å². The number of nitrogens with one attached hydrogen (secondary N) is 1. The second-order valence-corrected chi connectivity index (χ2v) is 5.44. The predicted molar refractivity (Wildman–Crippen MR) is 87.8 cm³/mol. The van der Waals surface area contributed by atoms with Gasteiger partial charge in [-0.1, -0.05) is 0 Å². The van der Waals surface area contributed by atoms with E-state index in [1.165, 1.54) is 35.2 Å². The minimum atomic E-state index is -1.58. The van der Waals surface area contributed by atoms with Crippen molar-refractivity contribution in [3.63, 3.8) is 0 Å². The Balaban J connectivity index is 2.07. The van der Waals surface area contributed by atoms with Crippen LogP contribution in [0.4, 0.5) is 11.5 Å². The lowest BCUT2D eigenvalue weighted by Crippen LogP contribution is -2.41. The Bertz CT molecular complexity index is 717. The van der Waals surface area contributed by atoms with Crippen LogP contribution in [0, 0.1) is 0 Å². The highest BCUT2D eigenvalue weighted by molar-refractivity contribution is 6.05. The number of aromatic hydroxyl groups is 1. The fourth-order valence-corrected chi connectivity index (χ4v) is 2.12. The zero-order chi connectivity index (χ0) is 18.6. The molecule has 3 atom stereocenters. The number of rotatable bonds is 7. The highest BCUT2D eigenvalue weighted by Gasteiger charge is 2.26. The molecule has 0 bridgehead atoms. The van der Waals surface area contributed by atoms with Crippen molar-refractivity contribution < 1.29 is 30.3 Å². The number of aliphatic hydroxyl groups is 4. The number of aromatic nitrogens is 2. The van der Waals surface area contributed by atoms with Gasteiger partial charge in [-0.2, -0.15) is 0 Å². The average molecular weight is 352 g/mol. The Morgan fingerprint density at radius 3 is 2.44 bits per heavy atom. The number of nitrogen functional groups attached to an aromatic ring is 1. The van der Waals surface area contributed by atoms with Gasteiger partial charge in [0, 0.05) is 5.69 Å². The number of hydrogen-bond donors (Lipinski definition) is 7. The van der Waals surface area contributed by atoms with Gasteiger partial charge in [-0.3, -0.25) is 4.79 Å². The fraction of sp³-hybridized carbons (Fsp3) is 0.333. The number of benzene rings is 1. The van der Waals surface area contributed by atoms with Gasteiger partial charge in [-0.05, 0) is 24.3 Å². The van der Waals surface area contributed by atoms with Gasteiger partial charge in [0.15, 0.2) is 5.69 Å². The van der Waals surface area contributed by atoms with Gasteiger partial charge in [0.05, 0.1) is 19.5 Å². The normalized spacial score (nSPS) is 14.7. The number of aliphatic hydroxyl groups excluding tert-OH is 4. The summed E-state index contributed by atoms with van der Waals surface area (Å²) >= 11 is 0. The molecule has 136 valence electrons. The summed E-state index contributed by atoms with van der Waals surface area (Å²) < 4.78 is 1.24. The van der Waals surface area contributed by atoms with Crippen LogP contribution in [0.15, 0.2) is 30.6 Å². The lowest BCUT2D eigenvalue weighted by atomic mass is 10.1. The second kappa shape index (κ2) is 7.94. The number of carbonyl (C=O) groups excluding carboxylic acids is 1. The van der Waals surface area contributed by atoms with Crippen molar-refractivity contribution in [1.82, 2.24) is 9.55 Å². The summed E-state index contributed by atoms with van der Waals surface area (Å²) in [7, 11) is 0. The number of carbonyl (C=O) groups is 1. The van der Waals surface area contributed by atoms with Crippen LogP contribution < -0.4 is 11.1 Å². The number of amides is 1. The molecule has 0 unspecified atom stereocenters. The first kappa shape index (κ1) is 18.7. The minimum absolute atomic E-state index is 0.0407. The summed E-state index contributed by atoms with van der Waals surface area (Å²) in [5.74, 6) is -0.576. The van der Waals surface area contributed by atoms with Crippen LogP contribution in [0.2, 0.25) is 0 Å². The summed E-state index contributed by atoms with van der Waals surface area (Å²) in [4.78, 5) is 16.1. The summed E-state index contributed by atoms with van der Waals surface area (Å²) in [6, 6.07) is 5.80. The van der Waals surface area contributed by atoms with Crippen LogP contribution >= 0.6 is 0 Å². The molecule has 1 aromatic heterocycles. The molecule has 25 heavy (non-hydrogen) atoms. The maximum Gasteiger partial charge on any atom is 0.278 e. The van der Waals surface area contributed by atoms with Gasteiger partial charge >= 0.3 is 0 Å². The molecule has 0 saturated heterocycles. The van der Waals surface area contributed by atoms with Crippen molar-refractivity contribution in [3.05, 3.63) is 36.3 Å². The number of nitrogens with two attached hydrogens (primary N) is 1. The molecule has 10 nitrogen and oxygen atoms in total. The van der Waals surface area contributed by atoms with Crippen molar-refractivity contribution in [3.8, 4) is 5.75 Å². The maximum atomic E-state index is 12.2. The van der Waals surface area contributed by atoms with Gasteiger partial charge in [0.25, 0.3) is 5.91 Å². The third kappa shape index (κ3) is 4.45. The van der Waals surface area contributed by atoms with E-state index in [2.05, 4.69) is 10.3 Å². The summed E-state index contributed by atoms with van der Waals surface area (Å²) in [6.45, 7) is -0.943. The molecule has 2 aromatic rings. The van der Waals surface area contributed by atoms with E-state index in [0.717, 1.165) is 0 Å². The maximum absolute atomic E-state index is 12.2. The molecule has 1 amide bonds. The first-order chi connectivity index (χ1) is 11.8. The van der Waals surface area contributed by atoms with Gasteiger partial charge in [0.2, 0.25) is 0 Å². The van der Waals surface area contributed by atoms with Crippen LogP contribution in [-0.4, -0.2) is 65.9 Å². The van der Waals surface area contributed by atoms with Gasteiger partial charge in [-0.25, -0.2) is 4.98 Å². The standard InChI is InChI=1S/C15H20N4O6/c16-14-12(15(25)18-8-1-3-9(21)4-2-8)17-7-19(14)5-10(22)13(24)11(23)6-20/h1-4,7,10-11,13,20-24H,5-6,16H2,(H,18,25)/t10-,11+,13-/m0/s1. The Morgan fingerprint density at radius 1 is 1.20 bits per heavy atom. The van der Waals surface area contributed by atoms with Gasteiger partial charge in [0.1, 0.15) is 29.9 Å². The third-order valence-electron chi connectivity index (χ3n) is 3.58. The van der Waals surface area contributed by atoms with E-state index in [4.69, 9.17) is 10.8 Å². The zero-order valence-corrected chi connectivity index (χ0v) is 13.1. The first-order valence-electron chi connectivity index (χ1n) is 7.39. The molecule has 0 aliphatic heterocycles. The van der Waals surface area contributed by atoms with Crippen LogP contribution in [0.25, 0.3) is 0 Å². The Morgan fingerprint density at radius 2 is 1.84 bits per heavy atom. The highest BCUT2D eigenvalue weighted by Crippen LogP contribution is 2.17. The average Bonchev–Trinajstić information content (AvgIpc) is 2.96. The van der Waals surface area contributed by atoms with Crippen molar-refractivity contribution in [1.29, 1.82) is 0 Å². The first-order valence-corrected chi connectivity index (χ1v) is 7.39. The number of hydrogen-bond acceptors (Lipinski definition) is 8. The van der Waals surface area contributed by atoms with Crippen LogP contribution in [0.3, 0.4) is 0 Å². The minimum Gasteiger partial charge on any atom is -0.508 e. The lowest BCUT2D eigenvalue weighted by Gasteiger charge is -2.22. The molecule has 0 saturated carbocycles. The third-order valence-corrected chi connectivity index (χ3v) is 3.58. The van der Waals surface area contributed by atoms with Crippen molar-refractivity contribution in [2.24, 2.45) is 0 Å². The molecule has 1 aromatic carbocycles. The number of phenolic OH excluding ortho intramolecular Hbond substituents is 1. The van der Waals surface area contributed by atoms with Crippen molar-refractivity contribution in [2.75, 3.05) is 17.7 Å². The van der Waals surface area contributed by atoms with Crippen molar-refractivity contribution in [2.45, 2.75) is 24.9 Å². The van der Waals surface area contributed by atoms with E-state index in [0.29, 0.717) is 5.69 Å². The molecular formula is C15H20N4O6. The predicted octanol–water partition coefficient (Wildman–Crippen LogP) is -1.50. The quantitative estimate of drug-likeness (QED) is 0.295. The lowest BCUT2D eigenvalue weighted by molar-refractivity contribution is -0.0804. The SMILES string of the molecule is Nc1c(C(=O)Nc2ccc(O)cc2)ncn1C[C@H](O)[C@H](O)[C@H](O)CO. The highest BCUT2D eigenvalue weighted by atomic mass is 16.4. The Hall–Kier alpha value is -2.66. The number of nitrogens with zero attached hydrogens (tertiary/aromatic N) is 2. The van der Waals surface area contributed by atoms with Crippen LogP contribution in [0.5, 0.6) is 5.75 Å². The van der Waals surface area contributed by atoms with Gasteiger partial charge < -0.3 is 41.2 Å². The zero-order valence-electron chi connectivity index (χ0n) is 13.1. The molecule has 0 fully saturated rings. The molecule has 10 heteroatoms. The monoisotopic (exact) mass is 352 g/mol. The number of anilines is 2. The fourth-order valence-electron chi connectivity index (χ4n) is 2.12. The molecular weight excluding hydrogens is 332 g/mol. The summed E-state index contributed by atoms with van der Waals surface area (Å²) in [5.41, 5.74) is 6.18. The smallest absolute Gasteiger partial charge is 0.278 e. The molecule has 0 aliphatic rings. The molecule has 1 heterocycles. The molecule has 2 rings (SSSR count). The number of imidazole rings is 1. The van der Waals surface area contributed by atoms with E-state index < -0.39 is 30.8 Å². The van der Waals surface area contributed by atoms with E-state index >= 15 is 0 Å². The Kier molecular flexibility index (Phi) is 5.93. The topological polar surface area (TPSA) is 174 Å². The Labute approximate surface area is 142 Å². The van der Waals surface area contributed by atoms with Crippen LogP contribution in [0.1, 0.15) is 10.5 Å². The van der Waals surface area contributed by atoms with E-state index in [1.807, 2.05) is 0 Å².